The molecule has 0 aliphatic heterocycles. The van der Waals surface area contributed by atoms with Crippen molar-refractivity contribution in [3.05, 3.63) is 28.2 Å². The molecule has 0 saturated heterocycles. The number of halogens is 1. The van der Waals surface area contributed by atoms with Gasteiger partial charge >= 0.3 is 5.97 Å². The summed E-state index contributed by atoms with van der Waals surface area (Å²) >= 11 is 3.23. The molecule has 104 valence electrons. The molecule has 0 bridgehead atoms. The molecule has 0 aliphatic carbocycles. The van der Waals surface area contributed by atoms with Crippen molar-refractivity contribution in [2.24, 2.45) is 5.73 Å². The van der Waals surface area contributed by atoms with Crippen LogP contribution in [0.25, 0.3) is 0 Å². The van der Waals surface area contributed by atoms with Gasteiger partial charge in [0.2, 0.25) is 0 Å². The largest absolute Gasteiger partial charge is 0.480 e. The number of nitrogens with two attached hydrogens (primary N) is 1. The summed E-state index contributed by atoms with van der Waals surface area (Å²) in [5, 5.41) is 11.9. The van der Waals surface area contributed by atoms with Gasteiger partial charge in [-0.1, -0.05) is 15.9 Å². The molecule has 7 heteroatoms. The van der Waals surface area contributed by atoms with E-state index in [4.69, 9.17) is 15.6 Å². The number of methoxy groups -OCH3 is 1. The Morgan fingerprint density at radius 2 is 2.21 bits per heavy atom. The first-order valence-electron chi connectivity index (χ1n) is 5.53. The van der Waals surface area contributed by atoms with Crippen LogP contribution in [0.15, 0.2) is 22.7 Å². The molecular formula is C12H15BrN2O4. The molecule has 0 aromatic heterocycles. The lowest BCUT2D eigenvalue weighted by molar-refractivity contribution is -0.138. The second-order valence-electron chi connectivity index (χ2n) is 3.87. The second-order valence-corrected chi connectivity index (χ2v) is 4.79. The first kappa shape index (κ1) is 15.5. The van der Waals surface area contributed by atoms with E-state index in [-0.39, 0.29) is 12.0 Å². The number of nitrogens with one attached hydrogen (secondary N) is 1. The topological polar surface area (TPSA) is 102 Å². The third-order valence-corrected chi connectivity index (χ3v) is 2.98. The zero-order chi connectivity index (χ0) is 14.4. The standard InChI is InChI=1S/C12H15BrN2O4/c1-19-5-4-10(12(17)18)15-9-3-2-7(13)6-8(9)11(14)16/h2-3,6,10,15H,4-5H2,1H3,(H2,14,16)(H,17,18). The van der Waals surface area contributed by atoms with Gasteiger partial charge in [-0.25, -0.2) is 4.79 Å². The molecule has 0 radical (unpaired) electrons. The first-order chi connectivity index (χ1) is 8.95. The van der Waals surface area contributed by atoms with Crippen molar-refractivity contribution in [1.29, 1.82) is 0 Å². The molecule has 1 amide bonds. The van der Waals surface area contributed by atoms with Crippen LogP contribution in [0.5, 0.6) is 0 Å². The number of aliphatic carboxylic acids is 1. The summed E-state index contributed by atoms with van der Waals surface area (Å²) < 4.78 is 5.54. The van der Waals surface area contributed by atoms with E-state index >= 15 is 0 Å². The molecule has 0 fully saturated rings. The van der Waals surface area contributed by atoms with E-state index in [0.717, 1.165) is 0 Å². The maximum atomic E-state index is 11.3. The second kappa shape index (κ2) is 7.10. The van der Waals surface area contributed by atoms with Crippen molar-refractivity contribution in [1.82, 2.24) is 0 Å². The van der Waals surface area contributed by atoms with Crippen molar-refractivity contribution in [3.8, 4) is 0 Å². The number of hydrogen-bond acceptors (Lipinski definition) is 4. The Bertz CT molecular complexity index is 479. The molecule has 0 saturated carbocycles. The molecule has 1 aromatic rings. The Kier molecular flexibility index (Phi) is 5.78. The number of carbonyl (C=O) groups is 2. The summed E-state index contributed by atoms with van der Waals surface area (Å²) in [5.74, 6) is -1.64. The highest BCUT2D eigenvalue weighted by Crippen LogP contribution is 2.22. The maximum Gasteiger partial charge on any atom is 0.326 e. The van der Waals surface area contributed by atoms with Gasteiger partial charge in [-0.15, -0.1) is 0 Å². The predicted octanol–water partition coefficient (Wildman–Crippen LogP) is 1.45. The highest BCUT2D eigenvalue weighted by atomic mass is 79.9. The van der Waals surface area contributed by atoms with Gasteiger partial charge in [-0.3, -0.25) is 4.79 Å². The van der Waals surface area contributed by atoms with Gasteiger partial charge in [0.15, 0.2) is 0 Å². The summed E-state index contributed by atoms with van der Waals surface area (Å²) in [5.41, 5.74) is 5.89. The van der Waals surface area contributed by atoms with Crippen molar-refractivity contribution in [2.75, 3.05) is 19.0 Å². The van der Waals surface area contributed by atoms with Crippen molar-refractivity contribution >= 4 is 33.5 Å². The number of anilines is 1. The number of ether oxygens (including phenoxy) is 1. The van der Waals surface area contributed by atoms with Crippen LogP contribution in [0.4, 0.5) is 5.69 Å². The van der Waals surface area contributed by atoms with E-state index in [0.29, 0.717) is 16.8 Å². The van der Waals surface area contributed by atoms with Gasteiger partial charge in [-0.2, -0.15) is 0 Å². The molecule has 0 aliphatic rings. The molecule has 1 rings (SSSR count). The van der Waals surface area contributed by atoms with Gasteiger partial charge in [0.1, 0.15) is 6.04 Å². The molecule has 1 aromatic carbocycles. The van der Waals surface area contributed by atoms with E-state index in [1.165, 1.54) is 7.11 Å². The van der Waals surface area contributed by atoms with Crippen molar-refractivity contribution in [2.45, 2.75) is 12.5 Å². The van der Waals surface area contributed by atoms with Gasteiger partial charge in [0.05, 0.1) is 5.56 Å². The summed E-state index contributed by atoms with van der Waals surface area (Å²) in [6.45, 7) is 0.298. The minimum Gasteiger partial charge on any atom is -0.480 e. The van der Waals surface area contributed by atoms with E-state index in [2.05, 4.69) is 21.2 Å². The maximum absolute atomic E-state index is 11.3. The minimum atomic E-state index is -1.02. The normalized spacial score (nSPS) is 11.9. The first-order valence-corrected chi connectivity index (χ1v) is 6.32. The Morgan fingerprint density at radius 3 is 2.74 bits per heavy atom. The Morgan fingerprint density at radius 1 is 1.53 bits per heavy atom. The van der Waals surface area contributed by atoms with Crippen LogP contribution in [-0.4, -0.2) is 36.7 Å². The average Bonchev–Trinajstić information content (AvgIpc) is 2.35. The number of carboxylic acid groups (broad SMARTS) is 1. The quantitative estimate of drug-likeness (QED) is 0.702. The summed E-state index contributed by atoms with van der Waals surface area (Å²) in [7, 11) is 1.49. The fourth-order valence-corrected chi connectivity index (χ4v) is 1.89. The fraction of sp³-hybridized carbons (Fsp3) is 0.333. The molecule has 4 N–H and O–H groups in total. The van der Waals surface area contributed by atoms with E-state index < -0.39 is 17.9 Å². The number of hydrogen-bond donors (Lipinski definition) is 3. The average molecular weight is 331 g/mol. The molecule has 6 nitrogen and oxygen atoms in total. The van der Waals surface area contributed by atoms with E-state index in [1.807, 2.05) is 0 Å². The van der Waals surface area contributed by atoms with Gasteiger partial charge in [-0.05, 0) is 18.2 Å². The third kappa shape index (κ3) is 4.53. The van der Waals surface area contributed by atoms with Crippen molar-refractivity contribution < 1.29 is 19.4 Å². The number of primary amides is 1. The predicted molar refractivity (Wildman–Crippen MR) is 74.2 cm³/mol. The number of benzene rings is 1. The molecule has 0 spiro atoms. The Balaban J connectivity index is 2.95. The van der Waals surface area contributed by atoms with Crippen LogP contribution < -0.4 is 11.1 Å². The van der Waals surface area contributed by atoms with Crippen molar-refractivity contribution in [3.63, 3.8) is 0 Å². The summed E-state index contributed by atoms with van der Waals surface area (Å²) in [6.07, 6.45) is 0.278. The van der Waals surface area contributed by atoms with E-state index in [9.17, 15) is 9.59 Å². The zero-order valence-electron chi connectivity index (χ0n) is 10.4. The number of amides is 1. The SMILES string of the molecule is COCCC(Nc1ccc(Br)cc1C(N)=O)C(=O)O. The number of carbonyl (C=O) groups excluding carboxylic acids is 1. The zero-order valence-corrected chi connectivity index (χ0v) is 11.9. The fourth-order valence-electron chi connectivity index (χ4n) is 1.53. The van der Waals surface area contributed by atoms with Crippen LogP contribution >= 0.6 is 15.9 Å². The lowest BCUT2D eigenvalue weighted by Crippen LogP contribution is -2.31. The smallest absolute Gasteiger partial charge is 0.326 e. The van der Waals surface area contributed by atoms with Gasteiger partial charge < -0.3 is 20.9 Å². The molecular weight excluding hydrogens is 316 g/mol. The number of rotatable bonds is 7. The van der Waals surface area contributed by atoms with E-state index in [1.54, 1.807) is 18.2 Å². The lowest BCUT2D eigenvalue weighted by Gasteiger charge is -2.17. The van der Waals surface area contributed by atoms with Crippen LogP contribution in [0.2, 0.25) is 0 Å². The number of carboxylic acids is 1. The van der Waals surface area contributed by atoms with Gasteiger partial charge in [0.25, 0.3) is 5.91 Å². The monoisotopic (exact) mass is 330 g/mol. The summed E-state index contributed by atoms with van der Waals surface area (Å²) in [4.78, 5) is 22.4. The van der Waals surface area contributed by atoms with Gasteiger partial charge in [0, 0.05) is 30.3 Å². The van der Waals surface area contributed by atoms with Crippen LogP contribution in [0.1, 0.15) is 16.8 Å². The molecule has 1 unspecified atom stereocenters. The lowest BCUT2D eigenvalue weighted by atomic mass is 10.1. The van der Waals surface area contributed by atoms with Crippen LogP contribution in [0, 0.1) is 0 Å². The third-order valence-electron chi connectivity index (χ3n) is 2.49. The Hall–Kier alpha value is -1.60. The van der Waals surface area contributed by atoms with Crippen LogP contribution in [-0.2, 0) is 9.53 Å². The minimum absolute atomic E-state index is 0.234. The molecule has 1 atom stereocenters. The Labute approximate surface area is 119 Å². The molecule has 19 heavy (non-hydrogen) atoms. The highest BCUT2D eigenvalue weighted by molar-refractivity contribution is 9.10. The van der Waals surface area contributed by atoms with Crippen LogP contribution in [0.3, 0.4) is 0 Å². The summed E-state index contributed by atoms with van der Waals surface area (Å²) in [6, 6.07) is 4.00. The molecule has 0 heterocycles. The highest BCUT2D eigenvalue weighted by Gasteiger charge is 2.19.